The Bertz CT molecular complexity index is 240. The molecule has 2 saturated carbocycles. The molecule has 0 amide bonds. The Morgan fingerprint density at radius 2 is 1.88 bits per heavy atom. The Labute approximate surface area is 97.5 Å². The van der Waals surface area contributed by atoms with E-state index in [1.165, 1.54) is 45.6 Å². The Morgan fingerprint density at radius 1 is 1.19 bits per heavy atom. The Morgan fingerprint density at radius 3 is 2.38 bits per heavy atom. The smallest absolute Gasteiger partial charge is 0.308 e. The highest BCUT2D eigenvalue weighted by atomic mass is 16.5. The van der Waals surface area contributed by atoms with Crippen LogP contribution in [0.25, 0.3) is 0 Å². The van der Waals surface area contributed by atoms with Crippen LogP contribution in [-0.4, -0.2) is 24.8 Å². The van der Waals surface area contributed by atoms with Gasteiger partial charge in [-0.15, -0.1) is 0 Å². The monoisotopic (exact) mass is 226 g/mol. The van der Waals surface area contributed by atoms with E-state index in [9.17, 15) is 4.79 Å². The molecule has 0 saturated heterocycles. The predicted molar refractivity (Wildman–Crippen MR) is 61.2 cm³/mol. The third-order valence-electron chi connectivity index (χ3n) is 3.93. The molecule has 16 heavy (non-hydrogen) atoms. The van der Waals surface area contributed by atoms with E-state index in [4.69, 9.17) is 9.47 Å². The second kappa shape index (κ2) is 5.17. The van der Waals surface area contributed by atoms with Crippen molar-refractivity contribution in [1.29, 1.82) is 0 Å². The molecular formula is C13H22O3. The molecular weight excluding hydrogens is 204 g/mol. The van der Waals surface area contributed by atoms with Crippen LogP contribution in [0.15, 0.2) is 0 Å². The first-order chi connectivity index (χ1) is 7.74. The quantitative estimate of drug-likeness (QED) is 0.691. The highest BCUT2D eigenvalue weighted by Crippen LogP contribution is 2.41. The summed E-state index contributed by atoms with van der Waals surface area (Å²) in [4.78, 5) is 11.4. The van der Waals surface area contributed by atoms with E-state index in [0.717, 1.165) is 12.8 Å². The van der Waals surface area contributed by atoms with E-state index >= 15 is 0 Å². The normalized spacial score (nSPS) is 24.8. The van der Waals surface area contributed by atoms with Gasteiger partial charge in [-0.1, -0.05) is 19.3 Å². The van der Waals surface area contributed by atoms with Gasteiger partial charge >= 0.3 is 5.97 Å². The zero-order valence-electron chi connectivity index (χ0n) is 10.2. The molecule has 0 atom stereocenters. The van der Waals surface area contributed by atoms with Gasteiger partial charge in [-0.25, -0.2) is 0 Å². The molecule has 2 fully saturated rings. The van der Waals surface area contributed by atoms with Crippen molar-refractivity contribution in [2.75, 3.05) is 7.11 Å². The van der Waals surface area contributed by atoms with Crippen LogP contribution >= 0.6 is 0 Å². The Kier molecular flexibility index (Phi) is 3.85. The van der Waals surface area contributed by atoms with Crippen LogP contribution in [0.1, 0.15) is 57.8 Å². The summed E-state index contributed by atoms with van der Waals surface area (Å²) in [6.45, 7) is 0. The molecule has 0 spiro atoms. The van der Waals surface area contributed by atoms with Gasteiger partial charge in [0, 0.05) is 0 Å². The molecule has 3 nitrogen and oxygen atoms in total. The first-order valence-electron chi connectivity index (χ1n) is 6.49. The van der Waals surface area contributed by atoms with E-state index in [1.807, 2.05) is 0 Å². The van der Waals surface area contributed by atoms with Crippen LogP contribution in [0.3, 0.4) is 0 Å². The van der Waals surface area contributed by atoms with Crippen LogP contribution in [0.2, 0.25) is 0 Å². The van der Waals surface area contributed by atoms with E-state index in [1.54, 1.807) is 0 Å². The number of methoxy groups -OCH3 is 1. The molecule has 0 unspecified atom stereocenters. The Hall–Kier alpha value is -0.570. The van der Waals surface area contributed by atoms with Crippen molar-refractivity contribution >= 4 is 5.97 Å². The summed E-state index contributed by atoms with van der Waals surface area (Å²) in [7, 11) is 1.45. The van der Waals surface area contributed by atoms with Crippen molar-refractivity contribution in [3.05, 3.63) is 0 Å². The molecule has 2 aliphatic rings. The van der Waals surface area contributed by atoms with Crippen LogP contribution in [0.4, 0.5) is 0 Å². The van der Waals surface area contributed by atoms with Gasteiger partial charge in [-0.05, 0) is 32.1 Å². The Balaban J connectivity index is 1.85. The zero-order valence-corrected chi connectivity index (χ0v) is 10.2. The molecule has 0 aliphatic heterocycles. The van der Waals surface area contributed by atoms with Crippen molar-refractivity contribution in [2.45, 2.75) is 69.5 Å². The lowest BCUT2D eigenvalue weighted by atomic mass is 9.77. The maximum absolute atomic E-state index is 11.4. The van der Waals surface area contributed by atoms with E-state index < -0.39 is 0 Å². The van der Waals surface area contributed by atoms with Crippen LogP contribution in [0.5, 0.6) is 0 Å². The van der Waals surface area contributed by atoms with Gasteiger partial charge in [0.15, 0.2) is 0 Å². The topological polar surface area (TPSA) is 35.5 Å². The largest absolute Gasteiger partial charge is 0.469 e. The van der Waals surface area contributed by atoms with Crippen molar-refractivity contribution in [2.24, 2.45) is 0 Å². The summed E-state index contributed by atoms with van der Waals surface area (Å²) < 4.78 is 10.9. The average Bonchev–Trinajstić information content (AvgIpc) is 2.27. The van der Waals surface area contributed by atoms with Gasteiger partial charge in [0.25, 0.3) is 0 Å². The SMILES string of the molecule is COC(=O)CC1(OC2CCCCC2)CCC1. The third-order valence-corrected chi connectivity index (χ3v) is 3.93. The van der Waals surface area contributed by atoms with E-state index in [-0.39, 0.29) is 11.6 Å². The molecule has 2 rings (SSSR count). The van der Waals surface area contributed by atoms with Crippen LogP contribution in [-0.2, 0) is 14.3 Å². The number of hydrogen-bond acceptors (Lipinski definition) is 3. The minimum absolute atomic E-state index is 0.129. The molecule has 0 aromatic carbocycles. The molecule has 3 heteroatoms. The van der Waals surface area contributed by atoms with Crippen LogP contribution < -0.4 is 0 Å². The van der Waals surface area contributed by atoms with Gasteiger partial charge in [0.2, 0.25) is 0 Å². The minimum atomic E-state index is -0.172. The van der Waals surface area contributed by atoms with E-state index in [2.05, 4.69) is 0 Å². The van der Waals surface area contributed by atoms with E-state index in [0.29, 0.717) is 12.5 Å². The maximum Gasteiger partial charge on any atom is 0.308 e. The second-order valence-electron chi connectivity index (χ2n) is 5.17. The summed E-state index contributed by atoms with van der Waals surface area (Å²) in [5.41, 5.74) is -0.172. The fraction of sp³-hybridized carbons (Fsp3) is 0.923. The number of esters is 1. The first-order valence-corrected chi connectivity index (χ1v) is 6.49. The summed E-state index contributed by atoms with van der Waals surface area (Å²) in [6, 6.07) is 0. The number of ether oxygens (including phenoxy) is 2. The lowest BCUT2D eigenvalue weighted by Crippen LogP contribution is -2.45. The fourth-order valence-corrected chi connectivity index (χ4v) is 2.78. The van der Waals surface area contributed by atoms with Gasteiger partial charge in [-0.3, -0.25) is 4.79 Å². The summed E-state index contributed by atoms with van der Waals surface area (Å²) >= 11 is 0. The molecule has 0 N–H and O–H groups in total. The summed E-state index contributed by atoms with van der Waals surface area (Å²) in [5, 5.41) is 0. The molecule has 0 aromatic rings. The molecule has 0 bridgehead atoms. The average molecular weight is 226 g/mol. The minimum Gasteiger partial charge on any atom is -0.469 e. The number of rotatable bonds is 4. The zero-order chi connectivity index (χ0) is 11.4. The second-order valence-corrected chi connectivity index (χ2v) is 5.17. The third kappa shape index (κ3) is 2.76. The highest BCUT2D eigenvalue weighted by Gasteiger charge is 2.42. The predicted octanol–water partition coefficient (Wildman–Crippen LogP) is 2.82. The van der Waals surface area contributed by atoms with Crippen molar-refractivity contribution in [3.8, 4) is 0 Å². The lowest BCUT2D eigenvalue weighted by Gasteiger charge is -2.44. The number of hydrogen-bond donors (Lipinski definition) is 0. The standard InChI is InChI=1S/C13H22O3/c1-15-12(14)10-13(8-5-9-13)16-11-6-3-2-4-7-11/h11H,2-10H2,1H3. The molecule has 92 valence electrons. The molecule has 2 aliphatic carbocycles. The van der Waals surface area contributed by atoms with Crippen LogP contribution in [0, 0.1) is 0 Å². The van der Waals surface area contributed by atoms with Gasteiger partial charge < -0.3 is 9.47 Å². The molecule has 0 aromatic heterocycles. The van der Waals surface area contributed by atoms with Gasteiger partial charge in [-0.2, -0.15) is 0 Å². The molecule has 0 radical (unpaired) electrons. The first kappa shape index (κ1) is 11.9. The van der Waals surface area contributed by atoms with Crippen molar-refractivity contribution in [3.63, 3.8) is 0 Å². The van der Waals surface area contributed by atoms with Gasteiger partial charge in [0.05, 0.1) is 25.2 Å². The fourth-order valence-electron chi connectivity index (χ4n) is 2.78. The van der Waals surface area contributed by atoms with Crippen molar-refractivity contribution < 1.29 is 14.3 Å². The van der Waals surface area contributed by atoms with Gasteiger partial charge in [0.1, 0.15) is 0 Å². The molecule has 0 heterocycles. The summed E-state index contributed by atoms with van der Waals surface area (Å²) in [5.74, 6) is -0.129. The number of carbonyl (C=O) groups excluding carboxylic acids is 1. The lowest BCUT2D eigenvalue weighted by molar-refractivity contribution is -0.172. The summed E-state index contributed by atoms with van der Waals surface area (Å²) in [6.07, 6.45) is 10.3. The maximum atomic E-state index is 11.4. The number of carbonyl (C=O) groups is 1. The highest BCUT2D eigenvalue weighted by molar-refractivity contribution is 5.70. The van der Waals surface area contributed by atoms with Crippen molar-refractivity contribution in [1.82, 2.24) is 0 Å².